The third kappa shape index (κ3) is 1.54. The standard InChI is InChI=1S/C8H14N3/c1-3-7(9-5-1)8-4-2-6-10-11-8/h3,8,10-11H,1-2,4-6H2. The SMILES string of the molecule is C1=C(C2CCCNN2)[N]CC1. The van der Waals surface area contributed by atoms with Crippen molar-refractivity contribution < 1.29 is 0 Å². The Labute approximate surface area is 67.2 Å². The van der Waals surface area contributed by atoms with Crippen molar-refractivity contribution in [3.05, 3.63) is 11.8 Å². The number of rotatable bonds is 1. The Kier molecular flexibility index (Phi) is 2.10. The van der Waals surface area contributed by atoms with E-state index >= 15 is 0 Å². The third-order valence-corrected chi connectivity index (χ3v) is 2.20. The van der Waals surface area contributed by atoms with Crippen molar-refractivity contribution in [3.63, 3.8) is 0 Å². The maximum absolute atomic E-state index is 4.42. The lowest BCUT2D eigenvalue weighted by atomic mass is 10.1. The van der Waals surface area contributed by atoms with Gasteiger partial charge in [0.1, 0.15) is 0 Å². The van der Waals surface area contributed by atoms with Gasteiger partial charge in [-0.05, 0) is 19.3 Å². The average molecular weight is 152 g/mol. The molecule has 1 fully saturated rings. The van der Waals surface area contributed by atoms with Gasteiger partial charge < -0.3 is 0 Å². The first kappa shape index (κ1) is 7.13. The highest BCUT2D eigenvalue weighted by atomic mass is 15.4. The highest BCUT2D eigenvalue weighted by Gasteiger charge is 2.19. The molecule has 3 nitrogen and oxygen atoms in total. The zero-order valence-electron chi connectivity index (χ0n) is 6.64. The zero-order chi connectivity index (χ0) is 7.52. The third-order valence-electron chi connectivity index (χ3n) is 2.20. The quantitative estimate of drug-likeness (QED) is 0.560. The fourth-order valence-electron chi connectivity index (χ4n) is 1.61. The summed E-state index contributed by atoms with van der Waals surface area (Å²) in [5, 5.41) is 4.42. The normalized spacial score (nSPS) is 31.3. The minimum Gasteiger partial charge on any atom is -0.288 e. The minimum absolute atomic E-state index is 0.478. The van der Waals surface area contributed by atoms with Gasteiger partial charge in [0, 0.05) is 18.8 Å². The minimum atomic E-state index is 0.478. The van der Waals surface area contributed by atoms with Crippen LogP contribution in [0.1, 0.15) is 19.3 Å². The van der Waals surface area contributed by atoms with E-state index in [1.54, 1.807) is 0 Å². The predicted molar refractivity (Wildman–Crippen MR) is 43.9 cm³/mol. The zero-order valence-corrected chi connectivity index (χ0v) is 6.64. The summed E-state index contributed by atoms with van der Waals surface area (Å²) in [7, 11) is 0. The summed E-state index contributed by atoms with van der Waals surface area (Å²) in [6.07, 6.45) is 5.85. The van der Waals surface area contributed by atoms with E-state index in [0.717, 1.165) is 19.5 Å². The topological polar surface area (TPSA) is 38.2 Å². The molecule has 2 aliphatic heterocycles. The second kappa shape index (κ2) is 3.24. The molecule has 0 spiro atoms. The Bertz CT molecular complexity index is 159. The number of hydrazine groups is 1. The Morgan fingerprint density at radius 2 is 2.55 bits per heavy atom. The van der Waals surface area contributed by atoms with Crippen molar-refractivity contribution in [2.45, 2.75) is 25.3 Å². The number of nitrogens with zero attached hydrogens (tertiary/aromatic N) is 1. The summed E-state index contributed by atoms with van der Waals surface area (Å²) in [5.41, 5.74) is 7.67. The molecule has 0 amide bonds. The van der Waals surface area contributed by atoms with Crippen LogP contribution in [-0.2, 0) is 0 Å². The number of hydrogen-bond acceptors (Lipinski definition) is 2. The molecule has 2 heterocycles. The van der Waals surface area contributed by atoms with Crippen LogP contribution < -0.4 is 16.2 Å². The van der Waals surface area contributed by atoms with Crippen molar-refractivity contribution in [2.75, 3.05) is 13.1 Å². The summed E-state index contributed by atoms with van der Waals surface area (Å²) < 4.78 is 0. The molecule has 61 valence electrons. The summed E-state index contributed by atoms with van der Waals surface area (Å²) >= 11 is 0. The lowest BCUT2D eigenvalue weighted by Crippen LogP contribution is -2.47. The van der Waals surface area contributed by atoms with Gasteiger partial charge in [0.05, 0.1) is 6.04 Å². The molecule has 0 aromatic rings. The van der Waals surface area contributed by atoms with E-state index in [9.17, 15) is 0 Å². The number of hydrogen-bond donors (Lipinski definition) is 2. The van der Waals surface area contributed by atoms with Crippen LogP contribution in [0.4, 0.5) is 0 Å². The molecular weight excluding hydrogens is 138 g/mol. The van der Waals surface area contributed by atoms with Crippen LogP contribution in [0, 0.1) is 0 Å². The van der Waals surface area contributed by atoms with Crippen molar-refractivity contribution in [1.29, 1.82) is 0 Å². The van der Waals surface area contributed by atoms with Gasteiger partial charge in [0.2, 0.25) is 0 Å². The maximum Gasteiger partial charge on any atom is 0.0627 e. The Balaban J connectivity index is 1.92. The molecule has 11 heavy (non-hydrogen) atoms. The fourth-order valence-corrected chi connectivity index (χ4v) is 1.61. The average Bonchev–Trinajstić information content (AvgIpc) is 2.58. The molecule has 0 bridgehead atoms. The summed E-state index contributed by atoms with van der Waals surface area (Å²) in [5.74, 6) is 0. The summed E-state index contributed by atoms with van der Waals surface area (Å²) in [6, 6.07) is 0.478. The van der Waals surface area contributed by atoms with E-state index in [-0.39, 0.29) is 0 Å². The molecule has 0 aliphatic carbocycles. The second-order valence-electron chi connectivity index (χ2n) is 3.07. The van der Waals surface area contributed by atoms with Crippen LogP contribution >= 0.6 is 0 Å². The molecular formula is C8H14N3. The van der Waals surface area contributed by atoms with Crippen LogP contribution in [0.2, 0.25) is 0 Å². The Hall–Kier alpha value is -0.540. The monoisotopic (exact) mass is 152 g/mol. The molecule has 1 saturated heterocycles. The molecule has 1 radical (unpaired) electrons. The van der Waals surface area contributed by atoms with Crippen LogP contribution in [0.3, 0.4) is 0 Å². The van der Waals surface area contributed by atoms with E-state index in [1.807, 2.05) is 0 Å². The van der Waals surface area contributed by atoms with Crippen molar-refractivity contribution in [3.8, 4) is 0 Å². The van der Waals surface area contributed by atoms with Crippen molar-refractivity contribution >= 4 is 0 Å². The van der Waals surface area contributed by atoms with Gasteiger partial charge in [-0.25, -0.2) is 5.43 Å². The van der Waals surface area contributed by atoms with Crippen LogP contribution in [-0.4, -0.2) is 19.1 Å². The van der Waals surface area contributed by atoms with Gasteiger partial charge in [-0.15, -0.1) is 0 Å². The first-order chi connectivity index (χ1) is 5.47. The van der Waals surface area contributed by atoms with E-state index in [1.165, 1.54) is 18.5 Å². The first-order valence-corrected chi connectivity index (χ1v) is 4.33. The van der Waals surface area contributed by atoms with Gasteiger partial charge in [-0.3, -0.25) is 10.7 Å². The largest absolute Gasteiger partial charge is 0.288 e. The van der Waals surface area contributed by atoms with Gasteiger partial charge >= 0.3 is 0 Å². The number of nitrogens with one attached hydrogen (secondary N) is 2. The van der Waals surface area contributed by atoms with Gasteiger partial charge in [-0.1, -0.05) is 6.08 Å². The summed E-state index contributed by atoms with van der Waals surface area (Å²) in [4.78, 5) is 0. The van der Waals surface area contributed by atoms with Crippen LogP contribution in [0.15, 0.2) is 11.8 Å². The first-order valence-electron chi connectivity index (χ1n) is 4.33. The second-order valence-corrected chi connectivity index (χ2v) is 3.07. The van der Waals surface area contributed by atoms with E-state index in [4.69, 9.17) is 0 Å². The van der Waals surface area contributed by atoms with Crippen molar-refractivity contribution in [1.82, 2.24) is 16.2 Å². The van der Waals surface area contributed by atoms with Gasteiger partial charge in [0.15, 0.2) is 0 Å². The lowest BCUT2D eigenvalue weighted by molar-refractivity contribution is 0.366. The van der Waals surface area contributed by atoms with E-state index in [2.05, 4.69) is 22.2 Å². The molecule has 2 rings (SSSR count). The predicted octanol–water partition coefficient (Wildman–Crippen LogP) is 0.135. The maximum atomic E-state index is 4.42. The summed E-state index contributed by atoms with van der Waals surface area (Å²) in [6.45, 7) is 2.08. The highest BCUT2D eigenvalue weighted by molar-refractivity contribution is 5.13. The molecule has 1 atom stereocenters. The molecule has 2 aliphatic rings. The van der Waals surface area contributed by atoms with Crippen LogP contribution in [0.25, 0.3) is 0 Å². The molecule has 2 N–H and O–H groups in total. The van der Waals surface area contributed by atoms with E-state index in [0.29, 0.717) is 6.04 Å². The Morgan fingerprint density at radius 1 is 1.55 bits per heavy atom. The van der Waals surface area contributed by atoms with Crippen molar-refractivity contribution in [2.24, 2.45) is 0 Å². The molecule has 0 saturated carbocycles. The smallest absolute Gasteiger partial charge is 0.0627 e. The van der Waals surface area contributed by atoms with E-state index < -0.39 is 0 Å². The molecule has 0 aromatic carbocycles. The molecule has 3 heteroatoms. The fraction of sp³-hybridized carbons (Fsp3) is 0.750. The lowest BCUT2D eigenvalue weighted by Gasteiger charge is -2.24. The van der Waals surface area contributed by atoms with Crippen LogP contribution in [0.5, 0.6) is 0 Å². The molecule has 0 aromatic heterocycles. The highest BCUT2D eigenvalue weighted by Crippen LogP contribution is 2.13. The Morgan fingerprint density at radius 3 is 3.18 bits per heavy atom. The van der Waals surface area contributed by atoms with Gasteiger partial charge in [-0.2, -0.15) is 0 Å². The molecule has 1 unspecified atom stereocenters. The van der Waals surface area contributed by atoms with Gasteiger partial charge in [0.25, 0.3) is 0 Å².